The number of rotatable bonds is 12. The first kappa shape index (κ1) is 28.8. The lowest BCUT2D eigenvalue weighted by Gasteiger charge is -2.29. The van der Waals surface area contributed by atoms with Gasteiger partial charge in [0.05, 0.1) is 11.9 Å². The van der Waals surface area contributed by atoms with Crippen LogP contribution in [0.3, 0.4) is 0 Å². The molecule has 2 aromatic carbocycles. The Morgan fingerprint density at radius 1 is 1.06 bits per heavy atom. The second kappa shape index (κ2) is 13.1. The molecule has 2 amide bonds. The van der Waals surface area contributed by atoms with E-state index in [4.69, 9.17) is 0 Å². The third kappa shape index (κ3) is 9.29. The third-order valence-corrected chi connectivity index (χ3v) is 7.28. The van der Waals surface area contributed by atoms with Crippen molar-refractivity contribution in [2.45, 2.75) is 53.1 Å². The summed E-state index contributed by atoms with van der Waals surface area (Å²) in [6.45, 7) is 8.64. The average Bonchev–Trinajstić information content (AvgIpc) is 2.78. The van der Waals surface area contributed by atoms with Gasteiger partial charge < -0.3 is 10.2 Å². The fraction of sp³-hybridized carbons (Fsp3) is 0.462. The summed E-state index contributed by atoms with van der Waals surface area (Å²) < 4.78 is 27.1. The van der Waals surface area contributed by atoms with Crippen LogP contribution in [0.4, 0.5) is 5.69 Å². The summed E-state index contributed by atoms with van der Waals surface area (Å²) in [7, 11) is -3.51. The zero-order valence-electron chi connectivity index (χ0n) is 21.1. The molecule has 1 unspecified atom stereocenters. The van der Waals surface area contributed by atoms with E-state index in [-0.39, 0.29) is 31.3 Å². The van der Waals surface area contributed by atoms with E-state index >= 15 is 0 Å². The largest absolute Gasteiger partial charge is 0.354 e. The maximum absolute atomic E-state index is 13.3. The highest BCUT2D eigenvalue weighted by Crippen LogP contribution is 2.20. The first-order chi connectivity index (χ1) is 16.4. The summed E-state index contributed by atoms with van der Waals surface area (Å²) >= 11 is 3.42. The Hall–Kier alpha value is -2.39. The lowest BCUT2D eigenvalue weighted by Crippen LogP contribution is -2.48. The molecule has 0 aliphatic rings. The summed E-state index contributed by atoms with van der Waals surface area (Å²) in [5, 5.41) is 2.91. The molecule has 0 fully saturated rings. The van der Waals surface area contributed by atoms with Crippen molar-refractivity contribution in [3.8, 4) is 0 Å². The van der Waals surface area contributed by atoms with E-state index < -0.39 is 16.1 Å². The fourth-order valence-corrected chi connectivity index (χ4v) is 4.83. The minimum Gasteiger partial charge on any atom is -0.354 e. The van der Waals surface area contributed by atoms with Crippen LogP contribution in [0.2, 0.25) is 0 Å². The average molecular weight is 567 g/mol. The summed E-state index contributed by atoms with van der Waals surface area (Å²) in [6, 6.07) is 14.2. The number of nitrogens with zero attached hydrogens (tertiary/aromatic N) is 2. The summed E-state index contributed by atoms with van der Waals surface area (Å²) in [4.78, 5) is 27.6. The van der Waals surface area contributed by atoms with Crippen LogP contribution < -0.4 is 9.62 Å². The maximum Gasteiger partial charge on any atom is 0.242 e. The van der Waals surface area contributed by atoms with Gasteiger partial charge in [-0.1, -0.05) is 54.0 Å². The molecule has 0 heterocycles. The number of anilines is 1. The van der Waals surface area contributed by atoms with Crippen molar-refractivity contribution < 1.29 is 18.0 Å². The molecule has 0 aliphatic heterocycles. The SMILES string of the molecule is Cc1cccc(N(CCCC(=O)N(Cc2ccc(Br)cc2)C(C)C(=O)NCC(C)C)S(C)(=O)=O)c1. The summed E-state index contributed by atoms with van der Waals surface area (Å²) in [6.07, 6.45) is 1.62. The number of benzene rings is 2. The van der Waals surface area contributed by atoms with Gasteiger partial charge in [-0.25, -0.2) is 8.42 Å². The Balaban J connectivity index is 2.15. The van der Waals surface area contributed by atoms with Crippen LogP contribution in [0.1, 0.15) is 44.7 Å². The van der Waals surface area contributed by atoms with Gasteiger partial charge in [0.1, 0.15) is 6.04 Å². The molecule has 1 N–H and O–H groups in total. The lowest BCUT2D eigenvalue weighted by molar-refractivity contribution is -0.140. The van der Waals surface area contributed by atoms with Gasteiger partial charge in [0.15, 0.2) is 0 Å². The molecule has 0 bridgehead atoms. The van der Waals surface area contributed by atoms with E-state index in [1.54, 1.807) is 17.9 Å². The molecular formula is C26H36BrN3O4S. The second-order valence-corrected chi connectivity index (χ2v) is 12.1. The molecule has 0 radical (unpaired) electrons. The Bertz CT molecular complexity index is 1100. The molecule has 35 heavy (non-hydrogen) atoms. The summed E-state index contributed by atoms with van der Waals surface area (Å²) in [5.41, 5.74) is 2.44. The number of amides is 2. The van der Waals surface area contributed by atoms with Crippen LogP contribution in [0.15, 0.2) is 53.0 Å². The molecule has 1 atom stereocenters. The minimum absolute atomic E-state index is 0.121. The van der Waals surface area contributed by atoms with Gasteiger partial charge in [-0.05, 0) is 61.6 Å². The highest BCUT2D eigenvalue weighted by atomic mass is 79.9. The molecule has 2 aromatic rings. The van der Waals surface area contributed by atoms with E-state index in [1.807, 2.05) is 63.2 Å². The predicted octanol–water partition coefficient (Wildman–Crippen LogP) is 4.49. The molecule has 7 nitrogen and oxygen atoms in total. The number of hydrogen-bond donors (Lipinski definition) is 1. The van der Waals surface area contributed by atoms with Crippen LogP contribution >= 0.6 is 15.9 Å². The maximum atomic E-state index is 13.3. The normalized spacial score (nSPS) is 12.3. The number of aryl methyl sites for hydroxylation is 1. The standard InChI is InChI=1S/C26H36BrN3O4S/c1-19(2)17-28-26(32)21(4)29(18-22-11-13-23(27)14-12-22)25(31)10-7-15-30(35(5,33)34)24-9-6-8-20(3)16-24/h6,8-9,11-14,16,19,21H,7,10,15,17-18H2,1-5H3,(H,28,32). The van der Waals surface area contributed by atoms with Crippen molar-refractivity contribution in [1.82, 2.24) is 10.2 Å². The molecule has 0 spiro atoms. The number of nitrogens with one attached hydrogen (secondary N) is 1. The summed E-state index contributed by atoms with van der Waals surface area (Å²) in [5.74, 6) is -0.107. The topological polar surface area (TPSA) is 86.8 Å². The highest BCUT2D eigenvalue weighted by Gasteiger charge is 2.26. The van der Waals surface area contributed by atoms with Crippen molar-refractivity contribution in [2.24, 2.45) is 5.92 Å². The van der Waals surface area contributed by atoms with E-state index in [1.165, 1.54) is 4.31 Å². The highest BCUT2D eigenvalue weighted by molar-refractivity contribution is 9.10. The van der Waals surface area contributed by atoms with Crippen LogP contribution in [-0.4, -0.2) is 50.5 Å². The molecule has 192 valence electrons. The van der Waals surface area contributed by atoms with Gasteiger partial charge in [0, 0.05) is 30.5 Å². The van der Waals surface area contributed by atoms with Gasteiger partial charge in [0.2, 0.25) is 21.8 Å². The number of sulfonamides is 1. The monoisotopic (exact) mass is 565 g/mol. The minimum atomic E-state index is -3.51. The van der Waals surface area contributed by atoms with Crippen LogP contribution in [0, 0.1) is 12.8 Å². The van der Waals surface area contributed by atoms with Gasteiger partial charge in [-0.15, -0.1) is 0 Å². The molecule has 2 rings (SSSR count). The van der Waals surface area contributed by atoms with Crippen molar-refractivity contribution in [1.29, 1.82) is 0 Å². The Morgan fingerprint density at radius 3 is 2.29 bits per heavy atom. The van der Waals surface area contributed by atoms with Crippen LogP contribution in [0.25, 0.3) is 0 Å². The molecule has 0 aliphatic carbocycles. The van der Waals surface area contributed by atoms with Crippen molar-refractivity contribution >= 4 is 43.5 Å². The fourth-order valence-electron chi connectivity index (χ4n) is 3.61. The molecule has 0 aromatic heterocycles. The number of hydrogen-bond acceptors (Lipinski definition) is 4. The Morgan fingerprint density at radius 2 is 1.71 bits per heavy atom. The van der Waals surface area contributed by atoms with Crippen LogP contribution in [-0.2, 0) is 26.2 Å². The molecule has 0 saturated heterocycles. The van der Waals surface area contributed by atoms with Crippen molar-refractivity contribution in [3.05, 3.63) is 64.1 Å². The zero-order chi connectivity index (χ0) is 26.2. The van der Waals surface area contributed by atoms with Gasteiger partial charge in [-0.3, -0.25) is 13.9 Å². The first-order valence-electron chi connectivity index (χ1n) is 11.7. The Labute approximate surface area is 218 Å². The van der Waals surface area contributed by atoms with Gasteiger partial charge >= 0.3 is 0 Å². The lowest BCUT2D eigenvalue weighted by atomic mass is 10.1. The van der Waals surface area contributed by atoms with Gasteiger partial charge in [0.25, 0.3) is 0 Å². The third-order valence-electron chi connectivity index (χ3n) is 5.56. The quantitative estimate of drug-likeness (QED) is 0.410. The number of halogens is 1. The number of carbonyl (C=O) groups excluding carboxylic acids is 2. The van der Waals surface area contributed by atoms with E-state index in [9.17, 15) is 18.0 Å². The number of carbonyl (C=O) groups is 2. The second-order valence-electron chi connectivity index (χ2n) is 9.24. The van der Waals surface area contributed by atoms with Crippen molar-refractivity contribution in [2.75, 3.05) is 23.7 Å². The molecule has 0 saturated carbocycles. The van der Waals surface area contributed by atoms with E-state index in [2.05, 4.69) is 21.2 Å². The Kier molecular flexibility index (Phi) is 10.8. The molecular weight excluding hydrogens is 530 g/mol. The predicted molar refractivity (Wildman–Crippen MR) is 145 cm³/mol. The van der Waals surface area contributed by atoms with E-state index in [0.717, 1.165) is 21.9 Å². The molecule has 9 heteroatoms. The van der Waals surface area contributed by atoms with Gasteiger partial charge in [-0.2, -0.15) is 0 Å². The van der Waals surface area contributed by atoms with Crippen LogP contribution in [0.5, 0.6) is 0 Å². The first-order valence-corrected chi connectivity index (χ1v) is 14.4. The van der Waals surface area contributed by atoms with E-state index in [0.29, 0.717) is 24.6 Å². The zero-order valence-corrected chi connectivity index (χ0v) is 23.5. The smallest absolute Gasteiger partial charge is 0.242 e. The van der Waals surface area contributed by atoms with Crippen molar-refractivity contribution in [3.63, 3.8) is 0 Å².